The highest BCUT2D eigenvalue weighted by atomic mass is 16.5. The van der Waals surface area contributed by atoms with Gasteiger partial charge in [-0.2, -0.15) is 0 Å². The predicted molar refractivity (Wildman–Crippen MR) is 238 cm³/mol. The van der Waals surface area contributed by atoms with Crippen LogP contribution in [-0.2, 0) is 19.1 Å². The Hall–Kier alpha value is -4.23. The molecule has 1 amide bonds. The molecule has 4 N–H and O–H groups in total. The van der Waals surface area contributed by atoms with Gasteiger partial charge in [0, 0.05) is 12.8 Å². The molecule has 0 heterocycles. The van der Waals surface area contributed by atoms with Crippen LogP contribution in [0.3, 0.4) is 0 Å². The Labute approximate surface area is 341 Å². The van der Waals surface area contributed by atoms with E-state index in [9.17, 15) is 19.5 Å². The molecule has 0 aromatic heterocycles. The van der Waals surface area contributed by atoms with E-state index in [0.717, 1.165) is 96.3 Å². The molecule has 0 aliphatic carbocycles. The Morgan fingerprint density at radius 3 is 1.45 bits per heavy atom. The summed E-state index contributed by atoms with van der Waals surface area (Å²) in [4.78, 5) is 36.4. The number of hydrogen-bond acceptors (Lipinski definition) is 5. The molecule has 0 rings (SSSR count). The van der Waals surface area contributed by atoms with Gasteiger partial charge >= 0.3 is 11.9 Å². The Kier molecular flexibility index (Phi) is 38.8. The summed E-state index contributed by atoms with van der Waals surface area (Å²) in [5.74, 6) is -1.49. The van der Waals surface area contributed by atoms with Crippen LogP contribution in [0.25, 0.3) is 0 Å². The van der Waals surface area contributed by atoms with Crippen LogP contribution < -0.4 is 11.1 Å². The molecule has 0 saturated carbocycles. The maximum atomic E-state index is 12.7. The number of carboxylic acids is 1. The number of carbonyl (C=O) groups excluding carboxylic acids is 2. The number of allylic oxidation sites excluding steroid dienone is 19. The summed E-state index contributed by atoms with van der Waals surface area (Å²) in [6, 6.07) is -0.904. The molecule has 0 fully saturated rings. The molecule has 0 spiro atoms. The van der Waals surface area contributed by atoms with Crippen LogP contribution in [-0.4, -0.2) is 41.6 Å². The third-order valence-corrected chi connectivity index (χ3v) is 8.51. The van der Waals surface area contributed by atoms with Gasteiger partial charge in [0.25, 0.3) is 0 Å². The van der Waals surface area contributed by atoms with Crippen molar-refractivity contribution in [1.82, 2.24) is 5.32 Å². The molecule has 2 unspecified atom stereocenters. The molecule has 2 atom stereocenters. The first-order valence-corrected chi connectivity index (χ1v) is 21.4. The van der Waals surface area contributed by atoms with Gasteiger partial charge in [0.15, 0.2) is 0 Å². The van der Waals surface area contributed by atoms with Crippen molar-refractivity contribution in [3.63, 3.8) is 0 Å². The molecule has 0 saturated heterocycles. The van der Waals surface area contributed by atoms with Crippen molar-refractivity contribution >= 4 is 17.8 Å². The smallest absolute Gasteiger partial charge is 0.326 e. The van der Waals surface area contributed by atoms with E-state index >= 15 is 0 Å². The standard InChI is InChI=1S/C49H76N2O5/c1-3-5-7-9-11-13-15-16-17-18-19-20-21-22-23-24-26-28-30-32-37-43-48(53)56-45(39-34-31-29-27-25-14-12-10-8-6-4-2)40-35-33-36-42-47(52)51-46(49(54)55)41-38-44-50/h5-8,11-14,16-17,19-20,22-23,26-29,34,39,45-46H,3-4,9-10,15,18,21,24-25,30-33,35-38,40-44,50H2,1-2H3,(H,51,52)(H,54,55)/b7-5-,8-6-,13-11-,14-12-,17-16-,20-19-,23-22-,28-26-,29-27-,39-34-. The average Bonchev–Trinajstić information content (AvgIpc) is 3.18. The van der Waals surface area contributed by atoms with Crippen molar-refractivity contribution in [1.29, 1.82) is 0 Å². The molecule has 0 aromatic rings. The number of aliphatic carboxylic acids is 1. The van der Waals surface area contributed by atoms with Gasteiger partial charge in [0.1, 0.15) is 12.1 Å². The topological polar surface area (TPSA) is 119 Å². The van der Waals surface area contributed by atoms with Crippen LogP contribution >= 0.6 is 0 Å². The molecular weight excluding hydrogens is 697 g/mol. The van der Waals surface area contributed by atoms with Crippen LogP contribution in [0.5, 0.6) is 0 Å². The van der Waals surface area contributed by atoms with Crippen molar-refractivity contribution in [2.75, 3.05) is 6.54 Å². The highest BCUT2D eigenvalue weighted by molar-refractivity contribution is 5.83. The van der Waals surface area contributed by atoms with Gasteiger partial charge in [0.05, 0.1) is 0 Å². The van der Waals surface area contributed by atoms with Crippen molar-refractivity contribution in [2.45, 2.75) is 161 Å². The zero-order valence-electron chi connectivity index (χ0n) is 34.9. The summed E-state index contributed by atoms with van der Waals surface area (Å²) in [6.45, 7) is 4.66. The number of nitrogens with two attached hydrogens (primary N) is 1. The molecule has 7 heteroatoms. The zero-order valence-corrected chi connectivity index (χ0v) is 34.9. The summed E-state index contributed by atoms with van der Waals surface area (Å²) in [6.07, 6.45) is 59.7. The number of esters is 1. The summed E-state index contributed by atoms with van der Waals surface area (Å²) in [7, 11) is 0. The molecule has 7 nitrogen and oxygen atoms in total. The van der Waals surface area contributed by atoms with E-state index in [-0.39, 0.29) is 24.4 Å². The van der Waals surface area contributed by atoms with Gasteiger partial charge in [-0.05, 0) is 128 Å². The Balaban J connectivity index is 4.53. The third kappa shape index (κ3) is 38.1. The van der Waals surface area contributed by atoms with Crippen LogP contribution in [0.4, 0.5) is 0 Å². The van der Waals surface area contributed by atoms with Gasteiger partial charge < -0.3 is 20.9 Å². The second-order valence-electron chi connectivity index (χ2n) is 13.6. The van der Waals surface area contributed by atoms with Crippen LogP contribution in [0.1, 0.15) is 149 Å². The van der Waals surface area contributed by atoms with Crippen molar-refractivity contribution < 1.29 is 24.2 Å². The molecule has 0 bridgehead atoms. The second kappa shape index (κ2) is 41.9. The minimum atomic E-state index is -1.04. The van der Waals surface area contributed by atoms with Crippen molar-refractivity contribution in [3.8, 4) is 0 Å². The highest BCUT2D eigenvalue weighted by Crippen LogP contribution is 2.13. The van der Waals surface area contributed by atoms with E-state index in [1.807, 2.05) is 12.2 Å². The van der Waals surface area contributed by atoms with E-state index in [1.54, 1.807) is 0 Å². The van der Waals surface area contributed by atoms with Crippen LogP contribution in [0, 0.1) is 0 Å². The maximum Gasteiger partial charge on any atom is 0.326 e. The van der Waals surface area contributed by atoms with Gasteiger partial charge in [-0.1, -0.05) is 136 Å². The fraction of sp³-hybridized carbons (Fsp3) is 0.531. The lowest BCUT2D eigenvalue weighted by atomic mass is 10.1. The second-order valence-corrected chi connectivity index (χ2v) is 13.6. The number of carbonyl (C=O) groups is 3. The van der Waals surface area contributed by atoms with Gasteiger partial charge in [-0.15, -0.1) is 0 Å². The van der Waals surface area contributed by atoms with Crippen molar-refractivity contribution in [3.05, 3.63) is 122 Å². The highest BCUT2D eigenvalue weighted by Gasteiger charge is 2.19. The molecule has 0 radical (unpaired) electrons. The molecule has 312 valence electrons. The molecule has 56 heavy (non-hydrogen) atoms. The first kappa shape index (κ1) is 51.8. The fourth-order valence-electron chi connectivity index (χ4n) is 5.36. The third-order valence-electron chi connectivity index (χ3n) is 8.51. The van der Waals surface area contributed by atoms with Gasteiger partial charge in [-0.3, -0.25) is 9.59 Å². The number of unbranched alkanes of at least 4 members (excludes halogenated alkanes) is 4. The minimum Gasteiger partial charge on any atom is -0.480 e. The lowest BCUT2D eigenvalue weighted by molar-refractivity contribution is -0.147. The van der Waals surface area contributed by atoms with Crippen molar-refractivity contribution in [2.24, 2.45) is 5.73 Å². The minimum absolute atomic E-state index is 0.184. The first-order valence-electron chi connectivity index (χ1n) is 21.4. The lowest BCUT2D eigenvalue weighted by Crippen LogP contribution is -2.40. The Morgan fingerprint density at radius 1 is 0.536 bits per heavy atom. The molecule has 0 aliphatic heterocycles. The largest absolute Gasteiger partial charge is 0.480 e. The number of ether oxygens (including phenoxy) is 1. The summed E-state index contributed by atoms with van der Waals surface area (Å²) < 4.78 is 5.87. The number of nitrogens with one attached hydrogen (secondary N) is 1. The summed E-state index contributed by atoms with van der Waals surface area (Å²) in [5, 5.41) is 11.9. The number of carboxylic acid groups (broad SMARTS) is 1. The quantitative estimate of drug-likeness (QED) is 0.0331. The SMILES string of the molecule is CC/C=C\C/C=C\C/C=C\C/C=C\C/C=C\C/C=C\CCCCC(=O)OC(/C=C\C/C=C\C/C=C\C/C=C\CC)CCCCCC(=O)NC(CCCN)C(=O)O. The fourth-order valence-corrected chi connectivity index (χ4v) is 5.36. The zero-order chi connectivity index (χ0) is 41.0. The van der Waals surface area contributed by atoms with E-state index < -0.39 is 12.0 Å². The lowest BCUT2D eigenvalue weighted by Gasteiger charge is -2.15. The Morgan fingerprint density at radius 2 is 0.982 bits per heavy atom. The molecule has 0 aromatic carbocycles. The maximum absolute atomic E-state index is 12.7. The van der Waals surface area contributed by atoms with Gasteiger partial charge in [-0.25, -0.2) is 4.79 Å². The summed E-state index contributed by atoms with van der Waals surface area (Å²) in [5.41, 5.74) is 5.49. The number of rotatable bonds is 36. The monoisotopic (exact) mass is 773 g/mol. The van der Waals surface area contributed by atoms with Crippen LogP contribution in [0.15, 0.2) is 122 Å². The van der Waals surface area contributed by atoms with Crippen LogP contribution in [0.2, 0.25) is 0 Å². The Bertz CT molecular complexity index is 1280. The normalized spacial score (nSPS) is 13.9. The first-order chi connectivity index (χ1) is 27.4. The van der Waals surface area contributed by atoms with E-state index in [4.69, 9.17) is 10.5 Å². The molecule has 0 aliphatic rings. The predicted octanol–water partition coefficient (Wildman–Crippen LogP) is 12.2. The van der Waals surface area contributed by atoms with E-state index in [1.165, 1.54) is 0 Å². The van der Waals surface area contributed by atoms with E-state index in [0.29, 0.717) is 38.6 Å². The van der Waals surface area contributed by atoms with E-state index in [2.05, 4.69) is 129 Å². The molecular formula is C49H76N2O5. The van der Waals surface area contributed by atoms with Gasteiger partial charge in [0.2, 0.25) is 5.91 Å². The summed E-state index contributed by atoms with van der Waals surface area (Å²) >= 11 is 0. The number of hydrogen-bond donors (Lipinski definition) is 3. The number of amides is 1. The average molecular weight is 773 g/mol.